The van der Waals surface area contributed by atoms with Gasteiger partial charge in [0, 0.05) is 6.04 Å². The molecule has 25 heavy (non-hydrogen) atoms. The predicted molar refractivity (Wildman–Crippen MR) is 96.3 cm³/mol. The van der Waals surface area contributed by atoms with Crippen LogP contribution in [-0.4, -0.2) is 26.5 Å². The highest BCUT2D eigenvalue weighted by Gasteiger charge is 2.36. The summed E-state index contributed by atoms with van der Waals surface area (Å²) < 4.78 is 33.0. The number of anilines is 1. The molecule has 0 aromatic heterocycles. The van der Waals surface area contributed by atoms with E-state index < -0.39 is 16.0 Å². The maximum atomic E-state index is 13.2. The first-order valence-corrected chi connectivity index (χ1v) is 9.68. The van der Waals surface area contributed by atoms with E-state index in [4.69, 9.17) is 4.74 Å². The number of rotatable bonds is 4. The van der Waals surface area contributed by atoms with E-state index in [1.165, 1.54) is 16.4 Å². The van der Waals surface area contributed by atoms with Crippen LogP contribution in [0.3, 0.4) is 0 Å². The van der Waals surface area contributed by atoms with Gasteiger partial charge >= 0.3 is 5.97 Å². The van der Waals surface area contributed by atoms with Gasteiger partial charge in [0.25, 0.3) is 10.0 Å². The molecular weight excluding hydrogens is 338 g/mol. The lowest BCUT2D eigenvalue weighted by Gasteiger charge is -2.24. The quantitative estimate of drug-likeness (QED) is 0.785. The second kappa shape index (κ2) is 6.52. The van der Waals surface area contributed by atoms with E-state index in [-0.39, 0.29) is 22.6 Å². The largest absolute Gasteiger partial charge is 0.459 e. The highest BCUT2D eigenvalue weighted by atomic mass is 32.2. The van der Waals surface area contributed by atoms with E-state index in [0.29, 0.717) is 12.1 Å². The summed E-state index contributed by atoms with van der Waals surface area (Å²) in [5.41, 5.74) is 1.94. The van der Waals surface area contributed by atoms with Crippen LogP contribution in [0.4, 0.5) is 5.69 Å². The Kier molecular flexibility index (Phi) is 4.56. The molecule has 0 aliphatic carbocycles. The fourth-order valence-corrected chi connectivity index (χ4v) is 4.82. The molecule has 1 atom stereocenters. The number of hydrogen-bond donors (Lipinski definition) is 0. The fraction of sp³-hybridized carbons (Fsp3) is 0.316. The van der Waals surface area contributed by atoms with Crippen molar-refractivity contribution in [3.05, 3.63) is 59.7 Å². The minimum atomic E-state index is -3.76. The van der Waals surface area contributed by atoms with Crippen LogP contribution >= 0.6 is 0 Å². The lowest BCUT2D eigenvalue weighted by molar-refractivity contribution is 0.0377. The lowest BCUT2D eigenvalue weighted by Crippen LogP contribution is -2.35. The van der Waals surface area contributed by atoms with Gasteiger partial charge in [-0.05, 0) is 57.0 Å². The molecule has 0 bridgehead atoms. The van der Waals surface area contributed by atoms with Gasteiger partial charge in [0.05, 0.1) is 22.3 Å². The van der Waals surface area contributed by atoms with Crippen molar-refractivity contribution < 1.29 is 17.9 Å². The third-order valence-corrected chi connectivity index (χ3v) is 6.04. The molecule has 132 valence electrons. The number of hydrogen-bond acceptors (Lipinski definition) is 4. The highest BCUT2D eigenvalue weighted by Crippen LogP contribution is 2.36. The molecule has 0 amide bonds. The standard InChI is InChI=1S/C19H21NO4S/c1-13(2)24-19(21)16-8-6-9-17(12-16)25(22,23)20-14(3)11-15-7-4-5-10-18(15)20/h4-10,12-14H,11H2,1-3H3. The van der Waals surface area contributed by atoms with E-state index in [1.54, 1.807) is 26.0 Å². The van der Waals surface area contributed by atoms with Crippen molar-refractivity contribution in [2.24, 2.45) is 0 Å². The smallest absolute Gasteiger partial charge is 0.338 e. The molecule has 1 unspecified atom stereocenters. The maximum Gasteiger partial charge on any atom is 0.338 e. The van der Waals surface area contributed by atoms with E-state index in [0.717, 1.165) is 5.56 Å². The molecule has 0 saturated carbocycles. The molecule has 0 fully saturated rings. The second-order valence-electron chi connectivity index (χ2n) is 6.46. The second-order valence-corrected chi connectivity index (χ2v) is 8.28. The van der Waals surface area contributed by atoms with Gasteiger partial charge in [-0.15, -0.1) is 0 Å². The Hall–Kier alpha value is -2.34. The van der Waals surface area contributed by atoms with Crippen molar-refractivity contribution in [3.8, 4) is 0 Å². The Morgan fingerprint density at radius 1 is 1.16 bits per heavy atom. The third kappa shape index (κ3) is 3.26. The van der Waals surface area contributed by atoms with E-state index in [9.17, 15) is 13.2 Å². The van der Waals surface area contributed by atoms with Gasteiger partial charge in [-0.2, -0.15) is 0 Å². The molecule has 0 radical (unpaired) electrons. The van der Waals surface area contributed by atoms with Crippen LogP contribution in [0.25, 0.3) is 0 Å². The Morgan fingerprint density at radius 2 is 1.88 bits per heavy atom. The molecule has 0 saturated heterocycles. The van der Waals surface area contributed by atoms with E-state index in [2.05, 4.69) is 0 Å². The average molecular weight is 359 g/mol. The first-order valence-electron chi connectivity index (χ1n) is 8.24. The summed E-state index contributed by atoms with van der Waals surface area (Å²) in [4.78, 5) is 12.2. The maximum absolute atomic E-state index is 13.2. The zero-order chi connectivity index (χ0) is 18.2. The molecule has 1 aliphatic rings. The Balaban J connectivity index is 2.00. The first-order chi connectivity index (χ1) is 11.8. The number of benzene rings is 2. The number of nitrogens with zero attached hydrogens (tertiary/aromatic N) is 1. The van der Waals surface area contributed by atoms with Crippen LogP contribution in [0.2, 0.25) is 0 Å². The minimum absolute atomic E-state index is 0.0919. The van der Waals surface area contributed by atoms with Crippen LogP contribution in [0.5, 0.6) is 0 Å². The first kappa shape index (κ1) is 17.5. The number of carbonyl (C=O) groups excluding carboxylic acids is 1. The molecule has 2 aromatic carbocycles. The number of para-hydroxylation sites is 1. The molecule has 5 nitrogen and oxygen atoms in total. The minimum Gasteiger partial charge on any atom is -0.459 e. The zero-order valence-corrected chi connectivity index (χ0v) is 15.3. The van der Waals surface area contributed by atoms with Crippen LogP contribution in [0.15, 0.2) is 53.4 Å². The Morgan fingerprint density at radius 3 is 2.60 bits per heavy atom. The monoisotopic (exact) mass is 359 g/mol. The summed E-state index contributed by atoms with van der Waals surface area (Å²) in [6.07, 6.45) is 0.406. The molecule has 1 aliphatic heterocycles. The van der Waals surface area contributed by atoms with Gasteiger partial charge in [0.15, 0.2) is 0 Å². The summed E-state index contributed by atoms with van der Waals surface area (Å²) in [5.74, 6) is -0.526. The Bertz CT molecular complexity index is 905. The average Bonchev–Trinajstić information content (AvgIpc) is 2.90. The van der Waals surface area contributed by atoms with Gasteiger partial charge in [0.1, 0.15) is 0 Å². The number of fused-ring (bicyclic) bond motifs is 1. The molecule has 3 rings (SSSR count). The molecule has 0 spiro atoms. The van der Waals surface area contributed by atoms with Gasteiger partial charge in [-0.3, -0.25) is 4.31 Å². The van der Waals surface area contributed by atoms with Crippen molar-refractivity contribution >= 4 is 21.7 Å². The van der Waals surface area contributed by atoms with Crippen molar-refractivity contribution in [1.82, 2.24) is 0 Å². The van der Waals surface area contributed by atoms with Gasteiger partial charge in [-0.1, -0.05) is 24.3 Å². The summed E-state index contributed by atoms with van der Waals surface area (Å²) in [5, 5.41) is 0. The van der Waals surface area contributed by atoms with E-state index in [1.807, 2.05) is 31.2 Å². The van der Waals surface area contributed by atoms with Crippen molar-refractivity contribution in [2.45, 2.75) is 44.2 Å². The van der Waals surface area contributed by atoms with Crippen LogP contribution in [0.1, 0.15) is 36.7 Å². The van der Waals surface area contributed by atoms with Crippen LogP contribution < -0.4 is 4.31 Å². The summed E-state index contributed by atoms with van der Waals surface area (Å²) in [6, 6.07) is 13.3. The van der Waals surface area contributed by atoms with Crippen molar-refractivity contribution in [3.63, 3.8) is 0 Å². The number of ether oxygens (including phenoxy) is 1. The highest BCUT2D eigenvalue weighted by molar-refractivity contribution is 7.92. The lowest BCUT2D eigenvalue weighted by atomic mass is 10.1. The van der Waals surface area contributed by atoms with Gasteiger partial charge < -0.3 is 4.74 Å². The summed E-state index contributed by atoms with van der Waals surface area (Å²) in [6.45, 7) is 5.39. The zero-order valence-electron chi connectivity index (χ0n) is 14.5. The summed E-state index contributed by atoms with van der Waals surface area (Å²) in [7, 11) is -3.76. The van der Waals surface area contributed by atoms with E-state index >= 15 is 0 Å². The number of carbonyl (C=O) groups is 1. The fourth-order valence-electron chi connectivity index (χ4n) is 3.08. The van der Waals surface area contributed by atoms with Crippen LogP contribution in [0, 0.1) is 0 Å². The SMILES string of the molecule is CC(C)OC(=O)c1cccc(S(=O)(=O)N2c3ccccc3CC2C)c1. The molecule has 0 N–H and O–H groups in total. The Labute approximate surface area is 148 Å². The topological polar surface area (TPSA) is 63.7 Å². The normalized spacial score (nSPS) is 16.8. The molecule has 1 heterocycles. The predicted octanol–water partition coefficient (Wildman–Crippen LogP) is 3.39. The van der Waals surface area contributed by atoms with Crippen molar-refractivity contribution in [1.29, 1.82) is 0 Å². The van der Waals surface area contributed by atoms with Gasteiger partial charge in [-0.25, -0.2) is 13.2 Å². The molecule has 6 heteroatoms. The summed E-state index contributed by atoms with van der Waals surface area (Å²) >= 11 is 0. The van der Waals surface area contributed by atoms with Crippen LogP contribution in [-0.2, 0) is 21.2 Å². The molecule has 2 aromatic rings. The molecular formula is C19H21NO4S. The number of esters is 1. The van der Waals surface area contributed by atoms with Crippen molar-refractivity contribution in [2.75, 3.05) is 4.31 Å². The number of sulfonamides is 1. The third-order valence-electron chi connectivity index (χ3n) is 4.11. The van der Waals surface area contributed by atoms with Gasteiger partial charge in [0.2, 0.25) is 0 Å².